The van der Waals surface area contributed by atoms with Gasteiger partial charge in [0.2, 0.25) is 17.7 Å². The fraction of sp³-hybridized carbons (Fsp3) is 0.449. The van der Waals surface area contributed by atoms with E-state index >= 15 is 0 Å². The van der Waals surface area contributed by atoms with Crippen LogP contribution in [0.1, 0.15) is 135 Å². The van der Waals surface area contributed by atoms with Crippen molar-refractivity contribution < 1.29 is 119 Å². The number of halogens is 9. The standard InChI is InChI=1S/C29H38Cl2FN3O5.C29H40FN3O7.C25H32FN3O5.C24H30Cl2FN3O3.ClH/c1-5-39-27(37)25(19-20-6-10-22(32)11-7-20)33-26(36)24(34-28(38)40-29(2,3)4)18-21-8-12-23(13-9-21)35(16-14-30)17-15-31;1-5-39-27(37)25(19-20-6-10-22(30)11-7-20)31-26(36)24(32-28(38)40-29(2,3)4)18-21-8-12-23(13-9-21)33(14-16-34)15-17-35;1-5-33-23(31)21(15-16-6-10-18(26)11-7-16)28-22(30)20(29-24(32)34-25(2,3)4)14-17-8-12-19(27)13-9-17;1-2-33-24(32)22(16-18-3-7-19(27)8-4-18)29-23(31)21(28)15-17-5-9-20(10-6-17)30(13-11-25)14-12-26;/h6-13,24-25H,5,14-19H2,1-4H3,(H,33,36)(H,34,38);6-13,24-25,34-35H,5,14-19H2,1-4H3,(H,31,36)(H,32,38);6-13,20-21H,5,14-15,27H2,1-4H3,(H,28,30)(H,29,32);3-10,21-22H,2,11-16,28H2,1H3,(H,29,31);1H/p+1/t2*24-,25-;20-,21-;21-,22-;/m0000./s1. The predicted octanol–water partition coefficient (Wildman–Crippen LogP) is 13.3. The summed E-state index contributed by atoms with van der Waals surface area (Å²) >= 11 is 23.6. The van der Waals surface area contributed by atoms with Crippen molar-refractivity contribution in [3.63, 3.8) is 0 Å². The topological polar surface area (TPSA) is 440 Å². The van der Waals surface area contributed by atoms with Crippen LogP contribution >= 0.6 is 58.8 Å². The molecule has 0 aliphatic rings. The Balaban J connectivity index is 0.000000411. The number of nitrogens with one attached hydrogen (secondary N) is 7. The Hall–Kier alpha value is -12.4. The molecule has 8 rings (SSSR count). The Bertz CT molecular complexity index is 5170. The number of amides is 7. The molecule has 0 fully saturated rings. The van der Waals surface area contributed by atoms with Crippen molar-refractivity contribution in [3.8, 4) is 0 Å². The van der Waals surface area contributed by atoms with Gasteiger partial charge in [0.25, 0.3) is 5.91 Å². The van der Waals surface area contributed by atoms with E-state index in [1.54, 1.807) is 151 Å². The number of nitrogen functional groups attached to an aromatic ring is 1. The third-order valence-corrected chi connectivity index (χ3v) is 21.9. The van der Waals surface area contributed by atoms with Gasteiger partial charge < -0.3 is 107 Å². The maximum Gasteiger partial charge on any atom is 0.408 e. The molecule has 0 bridgehead atoms. The SMILES string of the molecule is CCOC(=O)[C@H](Cc1ccc(F)cc1)NC(=O)[C@@H]([NH3+])Cc1ccc(N(CCCl)CCCl)cc1.CCOC(=O)[C@H](Cc1ccc(F)cc1)NC(=O)[C@H](Cc1ccc(N(CCCl)CCCl)cc1)NC(=O)OC(C)(C)C.CCOC(=O)[C@H](Cc1ccc(F)cc1)NC(=O)[C@H](Cc1ccc(N(CCO)CCO)cc1)NC(=O)OC(C)(C)C.CCOC(=O)[C@H](Cc1ccc(F)cc1)NC(=O)[C@H](Cc1ccc(N)cc1)NC(=O)OC(C)(C)C.Cl. The molecule has 0 radical (unpaired) electrons. The van der Waals surface area contributed by atoms with Crippen LogP contribution in [0.2, 0.25) is 0 Å². The number of carbonyl (C=O) groups is 11. The number of aliphatic hydroxyl groups is 2. The van der Waals surface area contributed by atoms with Gasteiger partial charge in [-0.2, -0.15) is 0 Å². The second-order valence-electron chi connectivity index (χ2n) is 36.6. The average molecular weight is 2170 g/mol. The minimum absolute atomic E-state index is 0. The Kier molecular flexibility index (Phi) is 57.7. The highest BCUT2D eigenvalue weighted by Gasteiger charge is 2.36. The number of hydrogen-bond donors (Lipinski definition) is 11. The van der Waals surface area contributed by atoms with Gasteiger partial charge in [0.05, 0.1) is 39.6 Å². The second-order valence-corrected chi connectivity index (χ2v) is 38.1. The number of aliphatic hydroxyl groups excluding tert-OH is 2. The summed E-state index contributed by atoms with van der Waals surface area (Å²) in [5.74, 6) is -4.38. The lowest BCUT2D eigenvalue weighted by Gasteiger charge is -2.26. The summed E-state index contributed by atoms with van der Waals surface area (Å²) in [6.45, 7) is 25.7. The van der Waals surface area contributed by atoms with Gasteiger partial charge in [-0.3, -0.25) is 19.2 Å². The summed E-state index contributed by atoms with van der Waals surface area (Å²) in [4.78, 5) is 147. The van der Waals surface area contributed by atoms with Crippen LogP contribution in [0.3, 0.4) is 0 Å². The van der Waals surface area contributed by atoms with Crippen LogP contribution in [0.4, 0.5) is 54.7 Å². The molecule has 148 heavy (non-hydrogen) atoms. The summed E-state index contributed by atoms with van der Waals surface area (Å²) in [6, 6.07) is 44.0. The zero-order chi connectivity index (χ0) is 109. The number of ether oxygens (including phenoxy) is 7. The quantitative estimate of drug-likeness (QED) is 0.00554. The molecule has 0 unspecified atom stereocenters. The normalized spacial score (nSPS) is 12.6. The number of hydrogen-bond acceptors (Lipinski definition) is 24. The molecule has 0 aliphatic carbocycles. The molecular formula is C107H142Cl5F4N12O20+. The average Bonchev–Trinajstić information content (AvgIpc) is 0.848. The van der Waals surface area contributed by atoms with Crippen LogP contribution in [0, 0.1) is 23.3 Å². The van der Waals surface area contributed by atoms with Crippen LogP contribution in [0.5, 0.6) is 0 Å². The molecule has 32 nitrogen and oxygen atoms in total. The molecule has 0 spiro atoms. The van der Waals surface area contributed by atoms with Gasteiger partial charge in [0, 0.05) is 137 Å². The van der Waals surface area contributed by atoms with E-state index in [4.69, 9.17) is 85.3 Å². The summed E-state index contributed by atoms with van der Waals surface area (Å²) in [5.41, 5.74) is 16.4. The minimum atomic E-state index is -1.10. The third-order valence-electron chi connectivity index (χ3n) is 21.2. The number of rotatable bonds is 50. The van der Waals surface area contributed by atoms with Crippen LogP contribution in [-0.2, 0) is 123 Å². The number of quaternary nitrogens is 1. The monoisotopic (exact) mass is 2170 g/mol. The van der Waals surface area contributed by atoms with E-state index in [0.29, 0.717) is 103 Å². The Morgan fingerprint density at radius 3 is 0.696 bits per heavy atom. The maximum absolute atomic E-state index is 13.5. The third kappa shape index (κ3) is 50.1. The first-order valence-corrected chi connectivity index (χ1v) is 50.4. The first-order chi connectivity index (χ1) is 69.7. The number of benzene rings is 8. The number of nitrogens with zero attached hydrogens (tertiary/aromatic N) is 3. The first kappa shape index (κ1) is 128. The molecule has 8 aromatic carbocycles. The van der Waals surface area contributed by atoms with Crippen molar-refractivity contribution in [2.75, 3.05) is 123 Å². The lowest BCUT2D eigenvalue weighted by Crippen LogP contribution is -2.69. The van der Waals surface area contributed by atoms with E-state index < -0.39 is 142 Å². The molecule has 8 atom stereocenters. The molecule has 0 saturated carbocycles. The summed E-state index contributed by atoms with van der Waals surface area (Å²) < 4.78 is 89.7. The fourth-order valence-corrected chi connectivity index (χ4v) is 15.1. The van der Waals surface area contributed by atoms with E-state index in [1.807, 2.05) is 58.3 Å². The molecule has 41 heteroatoms. The first-order valence-electron chi connectivity index (χ1n) is 48.2. The molecule has 812 valence electrons. The van der Waals surface area contributed by atoms with Crippen LogP contribution < -0.4 is 63.4 Å². The van der Waals surface area contributed by atoms with Crippen molar-refractivity contribution in [2.24, 2.45) is 0 Å². The molecule has 7 amide bonds. The van der Waals surface area contributed by atoms with Crippen LogP contribution in [0.25, 0.3) is 0 Å². The number of carbonyl (C=O) groups excluding carboxylic acids is 11. The van der Waals surface area contributed by atoms with E-state index in [1.165, 1.54) is 84.9 Å². The Labute approximate surface area is 889 Å². The summed E-state index contributed by atoms with van der Waals surface area (Å²) in [5, 5.41) is 37.2. The highest BCUT2D eigenvalue weighted by Crippen LogP contribution is 2.24. The van der Waals surface area contributed by atoms with Gasteiger partial charge >= 0.3 is 42.2 Å². The number of anilines is 4. The van der Waals surface area contributed by atoms with Crippen molar-refractivity contribution in [1.29, 1.82) is 0 Å². The van der Waals surface area contributed by atoms with Gasteiger partial charge in [0.15, 0.2) is 6.04 Å². The molecule has 0 aromatic heterocycles. The van der Waals surface area contributed by atoms with E-state index in [-0.39, 0.29) is 109 Å². The number of esters is 4. The van der Waals surface area contributed by atoms with Gasteiger partial charge in [-0.1, -0.05) is 97.1 Å². The zero-order valence-corrected chi connectivity index (χ0v) is 89.7. The van der Waals surface area contributed by atoms with Gasteiger partial charge in [-0.25, -0.2) is 51.1 Å². The number of nitrogens with two attached hydrogens (primary N) is 1. The predicted molar refractivity (Wildman–Crippen MR) is 567 cm³/mol. The maximum atomic E-state index is 13.5. The van der Waals surface area contributed by atoms with Gasteiger partial charge in [-0.05, 0) is 232 Å². The highest BCUT2D eigenvalue weighted by molar-refractivity contribution is 6.19. The van der Waals surface area contributed by atoms with Crippen LogP contribution in [-0.4, -0.2) is 244 Å². The van der Waals surface area contributed by atoms with Crippen molar-refractivity contribution in [3.05, 3.63) is 262 Å². The van der Waals surface area contributed by atoms with Crippen LogP contribution in [0.15, 0.2) is 194 Å². The number of alkyl carbamates (subject to hydrolysis) is 3. The molecule has 8 aromatic rings. The van der Waals surface area contributed by atoms with Crippen molar-refractivity contribution in [1.82, 2.24) is 37.2 Å². The lowest BCUT2D eigenvalue weighted by molar-refractivity contribution is -0.403. The smallest absolute Gasteiger partial charge is 0.408 e. The summed E-state index contributed by atoms with van der Waals surface area (Å²) in [6.07, 6.45) is -1.16. The molecular weight excluding hydrogens is 2030 g/mol. The minimum Gasteiger partial charge on any atom is -0.464 e. The van der Waals surface area contributed by atoms with Gasteiger partial charge in [-0.15, -0.1) is 58.8 Å². The molecule has 0 aliphatic heterocycles. The van der Waals surface area contributed by atoms with E-state index in [2.05, 4.69) is 47.9 Å². The number of alkyl halides is 4. The van der Waals surface area contributed by atoms with Crippen molar-refractivity contribution in [2.45, 2.75) is 207 Å². The summed E-state index contributed by atoms with van der Waals surface area (Å²) in [7, 11) is 0. The molecule has 0 saturated heterocycles. The Morgan fingerprint density at radius 1 is 0.304 bits per heavy atom. The largest absolute Gasteiger partial charge is 0.464 e. The lowest BCUT2D eigenvalue weighted by atomic mass is 10.0. The fourth-order valence-electron chi connectivity index (χ4n) is 14.3. The highest BCUT2D eigenvalue weighted by atomic mass is 35.5. The van der Waals surface area contributed by atoms with Crippen molar-refractivity contribution >= 4 is 147 Å². The second kappa shape index (κ2) is 66.8. The van der Waals surface area contributed by atoms with Gasteiger partial charge in [0.1, 0.15) is 82.4 Å². The van der Waals surface area contributed by atoms with E-state index in [0.717, 1.165) is 33.8 Å². The Morgan fingerprint density at radius 2 is 0.493 bits per heavy atom. The molecule has 14 N–H and O–H groups in total. The molecule has 0 heterocycles. The van der Waals surface area contributed by atoms with E-state index in [9.17, 15) is 80.5 Å². The zero-order valence-electron chi connectivity index (χ0n) is 85.9.